The van der Waals surface area contributed by atoms with E-state index in [0.717, 1.165) is 6.07 Å². The number of para-hydroxylation sites is 1. The molecule has 2 aromatic rings. The number of benzene rings is 2. The predicted molar refractivity (Wildman–Crippen MR) is 99.4 cm³/mol. The number of hydrogen-bond acceptors (Lipinski definition) is 5. The molecule has 9 heteroatoms. The second-order valence-electron chi connectivity index (χ2n) is 4.76. The average molecular weight is 380 g/mol. The van der Waals surface area contributed by atoms with E-state index in [1.165, 1.54) is 12.1 Å². The molecule has 2 N–H and O–H groups in total. The van der Waals surface area contributed by atoms with Crippen LogP contribution in [0.15, 0.2) is 42.5 Å². The molecule has 130 valence electrons. The molecule has 0 fully saturated rings. The third-order valence-corrected chi connectivity index (χ3v) is 3.60. The minimum Gasteiger partial charge on any atom is -0.487 e. The lowest BCUT2D eigenvalue weighted by atomic mass is 10.1. The number of nitro groups is 1. The summed E-state index contributed by atoms with van der Waals surface area (Å²) in [7, 11) is 0. The van der Waals surface area contributed by atoms with Gasteiger partial charge in [-0.05, 0) is 43.4 Å². The number of anilines is 1. The van der Waals surface area contributed by atoms with Gasteiger partial charge in [0.1, 0.15) is 0 Å². The first-order valence-corrected chi connectivity index (χ1v) is 7.99. The van der Waals surface area contributed by atoms with Gasteiger partial charge in [0.2, 0.25) is 0 Å². The molecule has 0 bridgehead atoms. The Morgan fingerprint density at radius 2 is 2.04 bits per heavy atom. The van der Waals surface area contributed by atoms with E-state index in [2.05, 4.69) is 10.6 Å². The molecule has 1 amide bonds. The molecule has 0 radical (unpaired) electrons. The zero-order chi connectivity index (χ0) is 18.4. The van der Waals surface area contributed by atoms with Crippen LogP contribution in [0.3, 0.4) is 0 Å². The average Bonchev–Trinajstić information content (AvgIpc) is 2.57. The summed E-state index contributed by atoms with van der Waals surface area (Å²) in [6.07, 6.45) is 0. The van der Waals surface area contributed by atoms with Gasteiger partial charge >= 0.3 is 5.69 Å². The summed E-state index contributed by atoms with van der Waals surface area (Å²) in [4.78, 5) is 22.7. The first-order chi connectivity index (χ1) is 11.9. The Morgan fingerprint density at radius 3 is 2.68 bits per heavy atom. The fraction of sp³-hybridized carbons (Fsp3) is 0.125. The van der Waals surface area contributed by atoms with Gasteiger partial charge in [-0.3, -0.25) is 20.2 Å². The molecule has 0 aliphatic carbocycles. The molecular weight excluding hydrogens is 366 g/mol. The number of carbonyl (C=O) groups is 1. The van der Waals surface area contributed by atoms with Crippen molar-refractivity contribution in [1.82, 2.24) is 5.32 Å². The molecule has 0 heterocycles. The first kappa shape index (κ1) is 18.6. The van der Waals surface area contributed by atoms with Crippen molar-refractivity contribution >= 4 is 46.2 Å². The Labute approximate surface area is 154 Å². The Kier molecular flexibility index (Phi) is 6.26. The smallest absolute Gasteiger partial charge is 0.311 e. The third-order valence-electron chi connectivity index (χ3n) is 3.07. The highest BCUT2D eigenvalue weighted by Gasteiger charge is 2.19. The van der Waals surface area contributed by atoms with Crippen LogP contribution in [0.2, 0.25) is 5.02 Å². The van der Waals surface area contributed by atoms with Crippen LogP contribution < -0.4 is 15.4 Å². The molecular formula is C16H14ClN3O4S. The van der Waals surface area contributed by atoms with E-state index < -0.39 is 10.8 Å². The molecule has 7 nitrogen and oxygen atoms in total. The van der Waals surface area contributed by atoms with E-state index >= 15 is 0 Å². The van der Waals surface area contributed by atoms with Gasteiger partial charge in [-0.25, -0.2) is 0 Å². The monoisotopic (exact) mass is 379 g/mol. The third kappa shape index (κ3) is 4.88. The van der Waals surface area contributed by atoms with Gasteiger partial charge in [-0.2, -0.15) is 0 Å². The van der Waals surface area contributed by atoms with Gasteiger partial charge in [-0.15, -0.1) is 0 Å². The van der Waals surface area contributed by atoms with E-state index in [9.17, 15) is 14.9 Å². The Balaban J connectivity index is 2.12. The second kappa shape index (κ2) is 8.41. The number of hydrogen-bond donors (Lipinski definition) is 2. The number of nitro benzene ring substituents is 1. The van der Waals surface area contributed by atoms with Gasteiger partial charge in [0, 0.05) is 11.6 Å². The van der Waals surface area contributed by atoms with Crippen LogP contribution >= 0.6 is 23.8 Å². The number of halogens is 1. The van der Waals surface area contributed by atoms with Crippen LogP contribution in [-0.4, -0.2) is 22.5 Å². The largest absolute Gasteiger partial charge is 0.487 e. The molecule has 0 unspecified atom stereocenters. The number of rotatable bonds is 5. The van der Waals surface area contributed by atoms with Crippen molar-refractivity contribution in [2.45, 2.75) is 6.92 Å². The number of ether oxygens (including phenoxy) is 1. The van der Waals surface area contributed by atoms with Crippen LogP contribution in [0.5, 0.6) is 5.75 Å². The summed E-state index contributed by atoms with van der Waals surface area (Å²) in [5.41, 5.74) is 0.324. The van der Waals surface area contributed by atoms with Gasteiger partial charge in [0.25, 0.3) is 5.91 Å². The number of nitrogens with one attached hydrogen (secondary N) is 2. The molecule has 0 spiro atoms. The number of thiocarbonyl (C=S) groups is 1. The van der Waals surface area contributed by atoms with Gasteiger partial charge < -0.3 is 10.1 Å². The van der Waals surface area contributed by atoms with Crippen molar-refractivity contribution in [1.29, 1.82) is 0 Å². The van der Waals surface area contributed by atoms with Crippen molar-refractivity contribution in [3.8, 4) is 5.75 Å². The molecule has 0 saturated heterocycles. The zero-order valence-electron chi connectivity index (χ0n) is 13.1. The van der Waals surface area contributed by atoms with Crippen LogP contribution in [0.1, 0.15) is 17.3 Å². The zero-order valence-corrected chi connectivity index (χ0v) is 14.7. The lowest BCUT2D eigenvalue weighted by molar-refractivity contribution is -0.385. The Hall–Kier alpha value is -2.71. The van der Waals surface area contributed by atoms with Gasteiger partial charge in [0.05, 0.1) is 22.2 Å². The minimum atomic E-state index is -0.609. The maximum Gasteiger partial charge on any atom is 0.311 e. The normalized spacial score (nSPS) is 10.0. The van der Waals surface area contributed by atoms with Crippen LogP contribution in [0.25, 0.3) is 0 Å². The van der Waals surface area contributed by atoms with Crippen molar-refractivity contribution in [3.63, 3.8) is 0 Å². The standard InChI is InChI=1S/C16H14ClN3O4S/c1-2-24-14-8-7-10(9-13(14)20(22)23)15(21)19-16(25)18-12-6-4-3-5-11(12)17/h3-9H,2H2,1H3,(H2,18,19,21,25). The highest BCUT2D eigenvalue weighted by atomic mass is 35.5. The number of nitrogens with zero attached hydrogens (tertiary/aromatic N) is 1. The molecule has 0 atom stereocenters. The van der Waals surface area contributed by atoms with Crippen LogP contribution in [0.4, 0.5) is 11.4 Å². The quantitative estimate of drug-likeness (QED) is 0.466. The fourth-order valence-electron chi connectivity index (χ4n) is 1.97. The maximum atomic E-state index is 12.2. The highest BCUT2D eigenvalue weighted by Crippen LogP contribution is 2.28. The SMILES string of the molecule is CCOc1ccc(C(=O)NC(=S)Nc2ccccc2Cl)cc1[N+](=O)[O-]. The molecule has 0 aliphatic rings. The molecule has 0 saturated carbocycles. The van der Waals surface area contributed by atoms with Crippen molar-refractivity contribution in [3.05, 3.63) is 63.2 Å². The molecule has 2 rings (SSSR count). The lowest BCUT2D eigenvalue weighted by Crippen LogP contribution is -2.34. The van der Waals surface area contributed by atoms with Crippen LogP contribution in [0, 0.1) is 10.1 Å². The Morgan fingerprint density at radius 1 is 1.32 bits per heavy atom. The minimum absolute atomic E-state index is 0.0228. The molecule has 2 aromatic carbocycles. The van der Waals surface area contributed by atoms with Gasteiger partial charge in [-0.1, -0.05) is 23.7 Å². The fourth-order valence-corrected chi connectivity index (χ4v) is 2.36. The predicted octanol–water partition coefficient (Wildman–Crippen LogP) is 3.77. The summed E-state index contributed by atoms with van der Waals surface area (Å²) in [6, 6.07) is 10.8. The summed E-state index contributed by atoms with van der Waals surface area (Å²) in [5.74, 6) is -0.489. The van der Waals surface area contributed by atoms with Gasteiger partial charge in [0.15, 0.2) is 10.9 Å². The molecule has 0 aromatic heterocycles. The second-order valence-corrected chi connectivity index (χ2v) is 5.58. The first-order valence-electron chi connectivity index (χ1n) is 7.20. The van der Waals surface area contributed by atoms with E-state index in [-0.39, 0.29) is 28.7 Å². The number of carbonyl (C=O) groups excluding carboxylic acids is 1. The Bertz CT molecular complexity index is 829. The van der Waals surface area contributed by atoms with E-state index in [1.54, 1.807) is 31.2 Å². The summed E-state index contributed by atoms with van der Waals surface area (Å²) in [5, 5.41) is 16.8. The van der Waals surface area contributed by atoms with Crippen molar-refractivity contribution < 1.29 is 14.5 Å². The number of amides is 1. The molecule has 25 heavy (non-hydrogen) atoms. The van der Waals surface area contributed by atoms with E-state index in [1.807, 2.05) is 0 Å². The summed E-state index contributed by atoms with van der Waals surface area (Å²) < 4.78 is 5.18. The van der Waals surface area contributed by atoms with Crippen molar-refractivity contribution in [2.75, 3.05) is 11.9 Å². The van der Waals surface area contributed by atoms with E-state index in [0.29, 0.717) is 10.7 Å². The van der Waals surface area contributed by atoms with Crippen LogP contribution in [-0.2, 0) is 0 Å². The molecule has 0 aliphatic heterocycles. The maximum absolute atomic E-state index is 12.2. The summed E-state index contributed by atoms with van der Waals surface area (Å²) in [6.45, 7) is 1.99. The lowest BCUT2D eigenvalue weighted by Gasteiger charge is -2.11. The summed E-state index contributed by atoms with van der Waals surface area (Å²) >= 11 is 11.1. The topological polar surface area (TPSA) is 93.5 Å². The van der Waals surface area contributed by atoms with E-state index in [4.69, 9.17) is 28.6 Å². The highest BCUT2D eigenvalue weighted by molar-refractivity contribution is 7.80. The van der Waals surface area contributed by atoms with Crippen molar-refractivity contribution in [2.24, 2.45) is 0 Å².